The molecule has 0 atom stereocenters. The molecule has 9 heteroatoms. The van der Waals surface area contributed by atoms with E-state index in [1.54, 1.807) is 18.2 Å². The van der Waals surface area contributed by atoms with Crippen LogP contribution in [0, 0.1) is 11.6 Å². The number of hydrogen-bond acceptors (Lipinski definition) is 3. The minimum Gasteiger partial charge on any atom is -0.324 e. The van der Waals surface area contributed by atoms with E-state index in [1.165, 1.54) is 12.1 Å². The quantitative estimate of drug-likeness (QED) is 0.620. The number of rotatable bonds is 4. The standard InChI is InChI=1S/C21H16ClF2N3O2S/c22-17-6-2-1-4-13(17)10-14-5-3-7-19-20(14)26-21(27-30(19,28)29)25-12-15-8-9-16(23)11-18(15)24/h1-9,11H,10,12H2,(H2,25,26,27). The van der Waals surface area contributed by atoms with Crippen molar-refractivity contribution in [3.63, 3.8) is 0 Å². The van der Waals surface area contributed by atoms with Crippen LogP contribution >= 0.6 is 11.6 Å². The van der Waals surface area contributed by atoms with Crippen molar-refractivity contribution in [3.05, 3.63) is 94.0 Å². The zero-order valence-electron chi connectivity index (χ0n) is 15.5. The number of hydrogen-bond donors (Lipinski definition) is 2. The van der Waals surface area contributed by atoms with Crippen molar-refractivity contribution < 1.29 is 17.2 Å². The van der Waals surface area contributed by atoms with Crippen molar-refractivity contribution in [2.45, 2.75) is 17.9 Å². The maximum absolute atomic E-state index is 13.9. The Morgan fingerprint density at radius 2 is 1.70 bits per heavy atom. The summed E-state index contributed by atoms with van der Waals surface area (Å²) in [6, 6.07) is 15.4. The lowest BCUT2D eigenvalue weighted by Crippen LogP contribution is -2.41. The second-order valence-corrected chi connectivity index (χ2v) is 8.75. The van der Waals surface area contributed by atoms with Crippen LogP contribution in [0.25, 0.3) is 0 Å². The van der Waals surface area contributed by atoms with Gasteiger partial charge in [0.1, 0.15) is 16.5 Å². The molecule has 30 heavy (non-hydrogen) atoms. The number of anilines is 1. The third kappa shape index (κ3) is 4.15. The number of para-hydroxylation sites is 1. The van der Waals surface area contributed by atoms with Crippen LogP contribution in [0.5, 0.6) is 0 Å². The molecule has 5 nitrogen and oxygen atoms in total. The molecule has 3 aromatic carbocycles. The SMILES string of the molecule is O=S1(=O)NC(=NCc2ccc(F)cc2F)Nc2c(Cc3ccccc3Cl)cccc21. The van der Waals surface area contributed by atoms with Gasteiger partial charge in [-0.25, -0.2) is 26.9 Å². The zero-order chi connectivity index (χ0) is 21.3. The van der Waals surface area contributed by atoms with Gasteiger partial charge in [0.15, 0.2) is 0 Å². The molecule has 0 amide bonds. The average Bonchev–Trinajstić information content (AvgIpc) is 2.69. The number of nitrogens with zero attached hydrogens (tertiary/aromatic N) is 1. The zero-order valence-corrected chi connectivity index (χ0v) is 17.1. The second-order valence-electron chi connectivity index (χ2n) is 6.69. The van der Waals surface area contributed by atoms with E-state index in [-0.39, 0.29) is 23.0 Å². The van der Waals surface area contributed by atoms with Gasteiger partial charge >= 0.3 is 0 Å². The van der Waals surface area contributed by atoms with E-state index < -0.39 is 21.7 Å². The number of fused-ring (bicyclic) bond motifs is 1. The van der Waals surface area contributed by atoms with Gasteiger partial charge in [-0.2, -0.15) is 0 Å². The predicted molar refractivity (Wildman–Crippen MR) is 112 cm³/mol. The molecule has 1 aliphatic heterocycles. The van der Waals surface area contributed by atoms with Crippen LogP contribution < -0.4 is 10.0 Å². The van der Waals surface area contributed by atoms with Crippen molar-refractivity contribution in [1.82, 2.24) is 4.72 Å². The summed E-state index contributed by atoms with van der Waals surface area (Å²) in [5, 5.41) is 3.56. The number of sulfonamides is 1. The summed E-state index contributed by atoms with van der Waals surface area (Å²) in [5.41, 5.74) is 2.08. The van der Waals surface area contributed by atoms with E-state index >= 15 is 0 Å². The Morgan fingerprint density at radius 1 is 0.933 bits per heavy atom. The molecule has 1 aliphatic rings. The molecule has 0 fully saturated rings. The molecule has 0 aliphatic carbocycles. The van der Waals surface area contributed by atoms with Crippen LogP contribution in [0.1, 0.15) is 16.7 Å². The Balaban J connectivity index is 1.68. The van der Waals surface area contributed by atoms with Crippen LogP contribution in [-0.2, 0) is 23.0 Å². The van der Waals surface area contributed by atoms with E-state index in [1.807, 2.05) is 18.2 Å². The molecule has 0 saturated heterocycles. The van der Waals surface area contributed by atoms with Crippen molar-refractivity contribution in [2.75, 3.05) is 5.32 Å². The van der Waals surface area contributed by atoms with Gasteiger partial charge in [-0.3, -0.25) is 0 Å². The number of guanidine groups is 1. The molecular formula is C21H16ClF2N3O2S. The third-order valence-electron chi connectivity index (χ3n) is 4.64. The number of nitrogens with one attached hydrogen (secondary N) is 2. The van der Waals surface area contributed by atoms with Gasteiger partial charge in [0.05, 0.1) is 12.2 Å². The second kappa shape index (κ2) is 8.04. The van der Waals surface area contributed by atoms with Crippen LogP contribution in [0.3, 0.4) is 0 Å². The molecule has 2 N–H and O–H groups in total. The minimum absolute atomic E-state index is 0.0437. The van der Waals surface area contributed by atoms with Crippen LogP contribution in [0.4, 0.5) is 14.5 Å². The van der Waals surface area contributed by atoms with E-state index in [2.05, 4.69) is 15.0 Å². The van der Waals surface area contributed by atoms with E-state index in [9.17, 15) is 17.2 Å². The molecule has 0 radical (unpaired) electrons. The number of benzene rings is 3. The predicted octanol–water partition coefficient (Wildman–Crippen LogP) is 4.47. The largest absolute Gasteiger partial charge is 0.324 e. The lowest BCUT2D eigenvalue weighted by molar-refractivity contribution is 0.572. The molecule has 3 aromatic rings. The highest BCUT2D eigenvalue weighted by atomic mass is 35.5. The van der Waals surface area contributed by atoms with Crippen molar-refractivity contribution in [1.29, 1.82) is 0 Å². The van der Waals surface area contributed by atoms with Crippen molar-refractivity contribution in [2.24, 2.45) is 4.99 Å². The van der Waals surface area contributed by atoms with Crippen LogP contribution in [-0.4, -0.2) is 14.4 Å². The first-order valence-electron chi connectivity index (χ1n) is 8.97. The highest BCUT2D eigenvalue weighted by Crippen LogP contribution is 2.31. The Bertz CT molecular complexity index is 1260. The average molecular weight is 448 g/mol. The van der Waals surface area contributed by atoms with E-state index in [0.29, 0.717) is 22.7 Å². The van der Waals surface area contributed by atoms with Crippen LogP contribution in [0.2, 0.25) is 5.02 Å². The molecule has 0 spiro atoms. The first-order chi connectivity index (χ1) is 14.3. The summed E-state index contributed by atoms with van der Waals surface area (Å²) in [6.45, 7) is -0.168. The Kier molecular flexibility index (Phi) is 5.44. The van der Waals surface area contributed by atoms with Crippen LogP contribution in [0.15, 0.2) is 70.6 Å². The van der Waals surface area contributed by atoms with E-state index in [4.69, 9.17) is 11.6 Å². The highest BCUT2D eigenvalue weighted by Gasteiger charge is 2.28. The topological polar surface area (TPSA) is 70.6 Å². The number of halogens is 3. The summed E-state index contributed by atoms with van der Waals surface area (Å²) in [7, 11) is -3.87. The molecule has 0 unspecified atom stereocenters. The van der Waals surface area contributed by atoms with Gasteiger partial charge in [0.25, 0.3) is 10.0 Å². The lowest BCUT2D eigenvalue weighted by Gasteiger charge is -2.24. The summed E-state index contributed by atoms with van der Waals surface area (Å²) < 4.78 is 54.7. The first-order valence-corrected chi connectivity index (χ1v) is 10.8. The molecule has 154 valence electrons. The van der Waals surface area contributed by atoms with Gasteiger partial charge in [0, 0.05) is 23.1 Å². The van der Waals surface area contributed by atoms with Crippen molar-refractivity contribution in [3.8, 4) is 0 Å². The normalized spacial score (nSPS) is 15.9. The molecule has 0 saturated carbocycles. The fourth-order valence-electron chi connectivity index (χ4n) is 3.15. The Morgan fingerprint density at radius 3 is 2.47 bits per heavy atom. The molecular weight excluding hydrogens is 432 g/mol. The Labute approximate surface area is 177 Å². The summed E-state index contributed by atoms with van der Waals surface area (Å²) >= 11 is 6.25. The molecule has 0 bridgehead atoms. The smallest absolute Gasteiger partial charge is 0.266 e. The van der Waals surface area contributed by atoms with Gasteiger partial charge in [-0.1, -0.05) is 48.0 Å². The summed E-state index contributed by atoms with van der Waals surface area (Å²) in [4.78, 5) is 4.21. The van der Waals surface area contributed by atoms with Crippen molar-refractivity contribution >= 4 is 33.3 Å². The minimum atomic E-state index is -3.87. The summed E-state index contributed by atoms with van der Waals surface area (Å²) in [6.07, 6.45) is 0.408. The lowest BCUT2D eigenvalue weighted by atomic mass is 10.0. The van der Waals surface area contributed by atoms with Gasteiger partial charge < -0.3 is 5.32 Å². The fraction of sp³-hybridized carbons (Fsp3) is 0.0952. The molecule has 0 aromatic heterocycles. The monoisotopic (exact) mass is 447 g/mol. The Hall–Kier alpha value is -2.97. The summed E-state index contributed by atoms with van der Waals surface area (Å²) in [5.74, 6) is -1.49. The highest BCUT2D eigenvalue weighted by molar-refractivity contribution is 7.90. The maximum atomic E-state index is 13.9. The maximum Gasteiger partial charge on any atom is 0.266 e. The molecule has 1 heterocycles. The number of aliphatic imine (C=N–C) groups is 1. The van der Waals surface area contributed by atoms with Gasteiger partial charge in [0.2, 0.25) is 5.96 Å². The third-order valence-corrected chi connectivity index (χ3v) is 6.39. The van der Waals surface area contributed by atoms with E-state index in [0.717, 1.165) is 17.7 Å². The van der Waals surface area contributed by atoms with Gasteiger partial charge in [-0.05, 0) is 29.3 Å². The first kappa shape index (κ1) is 20.3. The molecule has 4 rings (SSSR count). The fourth-order valence-corrected chi connectivity index (χ4v) is 4.54. The van der Waals surface area contributed by atoms with Gasteiger partial charge in [-0.15, -0.1) is 0 Å².